The molecule has 0 amide bonds. The maximum absolute atomic E-state index is 5.95. The highest BCUT2D eigenvalue weighted by Crippen LogP contribution is 2.23. The van der Waals surface area contributed by atoms with Crippen LogP contribution in [-0.2, 0) is 6.42 Å². The van der Waals surface area contributed by atoms with Gasteiger partial charge in [-0.1, -0.05) is 30.7 Å². The van der Waals surface area contributed by atoms with Gasteiger partial charge in [0.2, 0.25) is 0 Å². The van der Waals surface area contributed by atoms with Gasteiger partial charge in [0.05, 0.1) is 6.20 Å². The quantitative estimate of drug-likeness (QED) is 0.811. The molecule has 1 aromatic heterocycles. The fourth-order valence-electron chi connectivity index (χ4n) is 1.74. The molecule has 4 heteroatoms. The third-order valence-corrected chi connectivity index (χ3v) is 2.89. The predicted molar refractivity (Wildman–Crippen MR) is 73.8 cm³/mol. The van der Waals surface area contributed by atoms with Gasteiger partial charge >= 0.3 is 0 Å². The number of halogens is 1. The number of hydrogen-bond donors (Lipinski definition) is 1. The SMILES string of the molecule is CCNCCCc1ncc(-c2cccc(Cl)c2)o1. The molecular formula is C14H17ClN2O. The fourth-order valence-corrected chi connectivity index (χ4v) is 1.93. The van der Waals surface area contributed by atoms with E-state index in [1.165, 1.54) is 0 Å². The smallest absolute Gasteiger partial charge is 0.194 e. The number of nitrogens with one attached hydrogen (secondary N) is 1. The third-order valence-electron chi connectivity index (χ3n) is 2.66. The molecule has 0 fully saturated rings. The van der Waals surface area contributed by atoms with Crippen molar-refractivity contribution in [3.05, 3.63) is 41.4 Å². The van der Waals surface area contributed by atoms with E-state index in [0.717, 1.165) is 43.1 Å². The van der Waals surface area contributed by atoms with Gasteiger partial charge in [-0.25, -0.2) is 4.98 Å². The van der Waals surface area contributed by atoms with Crippen molar-refractivity contribution in [3.63, 3.8) is 0 Å². The lowest BCUT2D eigenvalue weighted by atomic mass is 10.2. The second-order valence-corrected chi connectivity index (χ2v) is 4.52. The van der Waals surface area contributed by atoms with Gasteiger partial charge < -0.3 is 9.73 Å². The van der Waals surface area contributed by atoms with E-state index < -0.39 is 0 Å². The molecule has 0 bridgehead atoms. The number of hydrogen-bond acceptors (Lipinski definition) is 3. The summed E-state index contributed by atoms with van der Waals surface area (Å²) in [7, 11) is 0. The number of oxazole rings is 1. The van der Waals surface area contributed by atoms with Crippen LogP contribution in [0.2, 0.25) is 5.02 Å². The minimum Gasteiger partial charge on any atom is -0.441 e. The molecule has 3 nitrogen and oxygen atoms in total. The summed E-state index contributed by atoms with van der Waals surface area (Å²) in [4.78, 5) is 4.28. The van der Waals surface area contributed by atoms with E-state index in [1.54, 1.807) is 6.20 Å². The van der Waals surface area contributed by atoms with E-state index in [4.69, 9.17) is 16.0 Å². The van der Waals surface area contributed by atoms with E-state index in [0.29, 0.717) is 5.02 Å². The van der Waals surface area contributed by atoms with E-state index >= 15 is 0 Å². The van der Waals surface area contributed by atoms with Crippen LogP contribution in [0.25, 0.3) is 11.3 Å². The van der Waals surface area contributed by atoms with Crippen molar-refractivity contribution < 1.29 is 4.42 Å². The van der Waals surface area contributed by atoms with E-state index in [2.05, 4.69) is 17.2 Å². The van der Waals surface area contributed by atoms with Gasteiger partial charge in [-0.15, -0.1) is 0 Å². The van der Waals surface area contributed by atoms with Gasteiger partial charge in [0.15, 0.2) is 11.7 Å². The molecule has 1 aromatic carbocycles. The number of nitrogens with zero attached hydrogens (tertiary/aromatic N) is 1. The highest BCUT2D eigenvalue weighted by molar-refractivity contribution is 6.30. The molecule has 0 aliphatic rings. The van der Waals surface area contributed by atoms with Gasteiger partial charge in [0.25, 0.3) is 0 Å². The van der Waals surface area contributed by atoms with Crippen LogP contribution in [0.5, 0.6) is 0 Å². The van der Waals surface area contributed by atoms with Crippen molar-refractivity contribution in [3.8, 4) is 11.3 Å². The molecule has 0 radical (unpaired) electrons. The minimum absolute atomic E-state index is 0.706. The molecule has 0 saturated heterocycles. The third kappa shape index (κ3) is 3.59. The molecule has 0 unspecified atom stereocenters. The van der Waals surface area contributed by atoms with Crippen molar-refractivity contribution >= 4 is 11.6 Å². The summed E-state index contributed by atoms with van der Waals surface area (Å²) >= 11 is 5.95. The Morgan fingerprint density at radius 1 is 1.39 bits per heavy atom. The van der Waals surface area contributed by atoms with Crippen molar-refractivity contribution in [1.82, 2.24) is 10.3 Å². The van der Waals surface area contributed by atoms with Crippen LogP contribution >= 0.6 is 11.6 Å². The standard InChI is InChI=1S/C14H17ClN2O/c1-2-16-8-4-7-14-17-10-13(18-14)11-5-3-6-12(15)9-11/h3,5-6,9-10,16H,2,4,7-8H2,1H3. The second-order valence-electron chi connectivity index (χ2n) is 4.09. The molecule has 0 saturated carbocycles. The van der Waals surface area contributed by atoms with Gasteiger partial charge in [-0.05, 0) is 31.6 Å². The summed E-state index contributed by atoms with van der Waals surface area (Å²) in [5, 5.41) is 3.98. The first-order valence-corrected chi connectivity index (χ1v) is 6.58. The van der Waals surface area contributed by atoms with Crippen LogP contribution in [0.4, 0.5) is 0 Å². The second kappa shape index (κ2) is 6.57. The van der Waals surface area contributed by atoms with Crippen LogP contribution in [-0.4, -0.2) is 18.1 Å². The molecule has 2 rings (SSSR count). The zero-order valence-corrected chi connectivity index (χ0v) is 11.2. The van der Waals surface area contributed by atoms with Gasteiger partial charge in [0, 0.05) is 17.0 Å². The first kappa shape index (κ1) is 13.1. The number of benzene rings is 1. The summed E-state index contributed by atoms with van der Waals surface area (Å²) in [6.45, 7) is 4.09. The molecule has 1 N–H and O–H groups in total. The Bertz CT molecular complexity index is 496. The topological polar surface area (TPSA) is 38.1 Å². The first-order chi connectivity index (χ1) is 8.79. The highest BCUT2D eigenvalue weighted by atomic mass is 35.5. The lowest BCUT2D eigenvalue weighted by Crippen LogP contribution is -2.14. The summed E-state index contributed by atoms with van der Waals surface area (Å²) in [5.74, 6) is 1.55. The van der Waals surface area contributed by atoms with Crippen LogP contribution in [0, 0.1) is 0 Å². The van der Waals surface area contributed by atoms with E-state index in [9.17, 15) is 0 Å². The van der Waals surface area contributed by atoms with Gasteiger partial charge in [-0.3, -0.25) is 0 Å². The minimum atomic E-state index is 0.706. The van der Waals surface area contributed by atoms with Gasteiger partial charge in [-0.2, -0.15) is 0 Å². The zero-order valence-electron chi connectivity index (χ0n) is 10.4. The highest BCUT2D eigenvalue weighted by Gasteiger charge is 2.06. The molecule has 0 aliphatic carbocycles. The molecule has 0 atom stereocenters. The van der Waals surface area contributed by atoms with Crippen molar-refractivity contribution in [2.45, 2.75) is 19.8 Å². The normalized spacial score (nSPS) is 10.8. The van der Waals surface area contributed by atoms with Crippen LogP contribution in [0.1, 0.15) is 19.2 Å². The lowest BCUT2D eigenvalue weighted by molar-refractivity contribution is 0.493. The van der Waals surface area contributed by atoms with Gasteiger partial charge in [0.1, 0.15) is 0 Å². The molecule has 0 aliphatic heterocycles. The Morgan fingerprint density at radius 2 is 2.28 bits per heavy atom. The summed E-state index contributed by atoms with van der Waals surface area (Å²) < 4.78 is 5.71. The fraction of sp³-hybridized carbons (Fsp3) is 0.357. The molecule has 96 valence electrons. The maximum Gasteiger partial charge on any atom is 0.194 e. The Labute approximate surface area is 112 Å². The van der Waals surface area contributed by atoms with Crippen molar-refractivity contribution in [2.24, 2.45) is 0 Å². The monoisotopic (exact) mass is 264 g/mol. The Morgan fingerprint density at radius 3 is 3.06 bits per heavy atom. The number of rotatable bonds is 6. The Hall–Kier alpha value is -1.32. The molecular weight excluding hydrogens is 248 g/mol. The van der Waals surface area contributed by atoms with Crippen LogP contribution in [0.15, 0.2) is 34.9 Å². The average Bonchev–Trinajstić information content (AvgIpc) is 2.83. The summed E-state index contributed by atoms with van der Waals surface area (Å²) in [5.41, 5.74) is 0.966. The largest absolute Gasteiger partial charge is 0.441 e. The lowest BCUT2D eigenvalue weighted by Gasteiger charge is -1.99. The van der Waals surface area contributed by atoms with Crippen molar-refractivity contribution in [1.29, 1.82) is 0 Å². The first-order valence-electron chi connectivity index (χ1n) is 6.21. The van der Waals surface area contributed by atoms with Crippen LogP contribution in [0.3, 0.4) is 0 Å². The summed E-state index contributed by atoms with van der Waals surface area (Å²) in [6, 6.07) is 7.60. The molecule has 1 heterocycles. The predicted octanol–water partition coefficient (Wildman–Crippen LogP) is 3.54. The maximum atomic E-state index is 5.95. The number of aryl methyl sites for hydroxylation is 1. The average molecular weight is 265 g/mol. The molecule has 2 aromatic rings. The Balaban J connectivity index is 1.97. The molecule has 18 heavy (non-hydrogen) atoms. The molecule has 0 spiro atoms. The zero-order chi connectivity index (χ0) is 12.8. The van der Waals surface area contributed by atoms with E-state index in [-0.39, 0.29) is 0 Å². The number of aromatic nitrogens is 1. The summed E-state index contributed by atoms with van der Waals surface area (Å²) in [6.07, 6.45) is 3.64. The van der Waals surface area contributed by atoms with Crippen LogP contribution < -0.4 is 5.32 Å². The van der Waals surface area contributed by atoms with E-state index in [1.807, 2.05) is 24.3 Å². The van der Waals surface area contributed by atoms with Crippen molar-refractivity contribution in [2.75, 3.05) is 13.1 Å². The Kier molecular flexibility index (Phi) is 4.79.